The average Bonchev–Trinajstić information content (AvgIpc) is 2.95. The molecule has 1 unspecified atom stereocenters. The van der Waals surface area contributed by atoms with Gasteiger partial charge in [-0.05, 0) is 68.3 Å². The monoisotopic (exact) mass is 259 g/mol. The molecule has 1 aliphatic carbocycles. The maximum absolute atomic E-state index is 5.53. The lowest BCUT2D eigenvalue weighted by molar-refractivity contribution is 0.245. The lowest BCUT2D eigenvalue weighted by atomic mass is 9.78. The first-order chi connectivity index (χ1) is 9.14. The van der Waals surface area contributed by atoms with Crippen molar-refractivity contribution < 1.29 is 4.74 Å². The molecule has 104 valence electrons. The van der Waals surface area contributed by atoms with Crippen molar-refractivity contribution >= 4 is 0 Å². The molecule has 2 aliphatic rings. The number of ether oxygens (including phenoxy) is 1. The highest BCUT2D eigenvalue weighted by Gasteiger charge is 2.39. The van der Waals surface area contributed by atoms with E-state index in [2.05, 4.69) is 37.1 Å². The first-order valence-electron chi connectivity index (χ1n) is 7.51. The van der Waals surface area contributed by atoms with Crippen LogP contribution >= 0.6 is 0 Å². The molecule has 1 aliphatic heterocycles. The molecule has 1 aromatic rings. The van der Waals surface area contributed by atoms with Crippen LogP contribution in [0.25, 0.3) is 0 Å². The molecule has 0 amide bonds. The third-order valence-electron chi connectivity index (χ3n) is 5.29. The van der Waals surface area contributed by atoms with E-state index in [-0.39, 0.29) is 0 Å². The van der Waals surface area contributed by atoms with E-state index in [1.54, 1.807) is 7.11 Å². The summed E-state index contributed by atoms with van der Waals surface area (Å²) < 4.78 is 5.53. The molecule has 3 rings (SSSR count). The van der Waals surface area contributed by atoms with Gasteiger partial charge in [0.15, 0.2) is 0 Å². The molecule has 2 heteroatoms. The number of fused-ring (bicyclic) bond motifs is 1. The third-order valence-corrected chi connectivity index (χ3v) is 5.29. The molecule has 2 nitrogen and oxygen atoms in total. The van der Waals surface area contributed by atoms with Gasteiger partial charge in [0.2, 0.25) is 0 Å². The van der Waals surface area contributed by atoms with Crippen LogP contribution in [-0.2, 0) is 11.8 Å². The first-order valence-corrected chi connectivity index (χ1v) is 7.51. The Morgan fingerprint density at radius 3 is 2.95 bits per heavy atom. The Hall–Kier alpha value is -1.02. The van der Waals surface area contributed by atoms with E-state index >= 15 is 0 Å². The number of likely N-dealkylation sites (tertiary alicyclic amines) is 1. The molecule has 2 atom stereocenters. The van der Waals surface area contributed by atoms with Gasteiger partial charge in [0, 0.05) is 6.04 Å². The van der Waals surface area contributed by atoms with Crippen molar-refractivity contribution in [2.45, 2.75) is 50.5 Å². The van der Waals surface area contributed by atoms with Gasteiger partial charge in [0.25, 0.3) is 0 Å². The number of methoxy groups -OCH3 is 1. The summed E-state index contributed by atoms with van der Waals surface area (Å²) in [5.41, 5.74) is 3.33. The second kappa shape index (κ2) is 4.82. The minimum absolute atomic E-state index is 0.340. The minimum Gasteiger partial charge on any atom is -0.496 e. The summed E-state index contributed by atoms with van der Waals surface area (Å²) in [5, 5.41) is 0. The van der Waals surface area contributed by atoms with Crippen LogP contribution in [0.4, 0.5) is 0 Å². The van der Waals surface area contributed by atoms with Crippen molar-refractivity contribution in [3.8, 4) is 5.75 Å². The van der Waals surface area contributed by atoms with Crippen molar-refractivity contribution in [2.75, 3.05) is 20.7 Å². The summed E-state index contributed by atoms with van der Waals surface area (Å²) in [6, 6.07) is 7.34. The van der Waals surface area contributed by atoms with Gasteiger partial charge in [-0.2, -0.15) is 0 Å². The second-order valence-corrected chi connectivity index (χ2v) is 6.53. The largest absolute Gasteiger partial charge is 0.496 e. The fourth-order valence-corrected chi connectivity index (χ4v) is 4.09. The van der Waals surface area contributed by atoms with E-state index in [0.717, 1.165) is 11.8 Å². The number of nitrogens with zero attached hydrogens (tertiary/aromatic N) is 1. The topological polar surface area (TPSA) is 12.5 Å². The highest BCUT2D eigenvalue weighted by molar-refractivity contribution is 5.47. The minimum atomic E-state index is 0.340. The molecule has 19 heavy (non-hydrogen) atoms. The van der Waals surface area contributed by atoms with Gasteiger partial charge in [-0.15, -0.1) is 0 Å². The predicted molar refractivity (Wildman–Crippen MR) is 78.9 cm³/mol. The Kier molecular flexibility index (Phi) is 3.30. The van der Waals surface area contributed by atoms with Crippen LogP contribution in [0.1, 0.15) is 43.7 Å². The average molecular weight is 259 g/mol. The molecule has 0 spiro atoms. The highest BCUT2D eigenvalue weighted by atomic mass is 16.5. The molecular weight excluding hydrogens is 234 g/mol. The fraction of sp³-hybridized carbons (Fsp3) is 0.647. The molecule has 0 N–H and O–H groups in total. The predicted octanol–water partition coefficient (Wildman–Crippen LogP) is 3.38. The van der Waals surface area contributed by atoms with E-state index in [9.17, 15) is 0 Å². The first kappa shape index (κ1) is 13.0. The Morgan fingerprint density at radius 2 is 2.26 bits per heavy atom. The standard InChI is InChI=1S/C17H25NO/c1-17(12-13-6-5-11-18(13)2)10-9-14-15(17)7-4-8-16(14)19-3/h4,7-8,13H,5-6,9-12H2,1-3H3/t13-,17?/m1/s1. The van der Waals surface area contributed by atoms with E-state index in [1.165, 1.54) is 49.8 Å². The third kappa shape index (κ3) is 2.16. The van der Waals surface area contributed by atoms with E-state index in [1.807, 2.05) is 0 Å². The van der Waals surface area contributed by atoms with Gasteiger partial charge in [-0.25, -0.2) is 0 Å². The SMILES string of the molecule is COc1cccc2c1CCC2(C)C[C@H]1CCCN1C. The van der Waals surface area contributed by atoms with Crippen LogP contribution in [0.2, 0.25) is 0 Å². The van der Waals surface area contributed by atoms with Crippen molar-refractivity contribution in [3.05, 3.63) is 29.3 Å². The molecule has 1 heterocycles. The molecular formula is C17H25NO. The molecule has 1 saturated heterocycles. The van der Waals surface area contributed by atoms with E-state index < -0.39 is 0 Å². The zero-order valence-corrected chi connectivity index (χ0v) is 12.4. The number of hydrogen-bond donors (Lipinski definition) is 0. The summed E-state index contributed by atoms with van der Waals surface area (Å²) >= 11 is 0. The van der Waals surface area contributed by atoms with Gasteiger partial charge in [0.05, 0.1) is 7.11 Å². The van der Waals surface area contributed by atoms with Gasteiger partial charge >= 0.3 is 0 Å². The maximum Gasteiger partial charge on any atom is 0.122 e. The summed E-state index contributed by atoms with van der Waals surface area (Å²) in [6.07, 6.45) is 6.47. The number of benzene rings is 1. The molecule has 1 fully saturated rings. The van der Waals surface area contributed by atoms with E-state index in [0.29, 0.717) is 5.41 Å². The summed E-state index contributed by atoms with van der Waals surface area (Å²) in [7, 11) is 4.07. The van der Waals surface area contributed by atoms with Crippen LogP contribution in [0.15, 0.2) is 18.2 Å². The number of rotatable bonds is 3. The second-order valence-electron chi connectivity index (χ2n) is 6.53. The molecule has 1 aromatic carbocycles. The zero-order valence-electron chi connectivity index (χ0n) is 12.4. The molecule has 0 saturated carbocycles. The number of hydrogen-bond acceptors (Lipinski definition) is 2. The van der Waals surface area contributed by atoms with Gasteiger partial charge < -0.3 is 9.64 Å². The Labute approximate surface area is 116 Å². The molecule has 0 aromatic heterocycles. The summed E-state index contributed by atoms with van der Waals surface area (Å²) in [6.45, 7) is 3.72. The van der Waals surface area contributed by atoms with E-state index in [4.69, 9.17) is 4.74 Å². The Balaban J connectivity index is 1.88. The van der Waals surface area contributed by atoms with Crippen LogP contribution < -0.4 is 4.74 Å². The fourth-order valence-electron chi connectivity index (χ4n) is 4.09. The smallest absolute Gasteiger partial charge is 0.122 e. The van der Waals surface area contributed by atoms with Crippen molar-refractivity contribution in [2.24, 2.45) is 0 Å². The van der Waals surface area contributed by atoms with Crippen LogP contribution in [0.3, 0.4) is 0 Å². The summed E-state index contributed by atoms with van der Waals surface area (Å²) in [4.78, 5) is 2.55. The van der Waals surface area contributed by atoms with Crippen LogP contribution in [0.5, 0.6) is 5.75 Å². The highest BCUT2D eigenvalue weighted by Crippen LogP contribution is 2.46. The zero-order chi connectivity index (χ0) is 13.5. The maximum atomic E-state index is 5.53. The molecule has 0 radical (unpaired) electrons. The summed E-state index contributed by atoms with van der Waals surface area (Å²) in [5.74, 6) is 1.08. The van der Waals surface area contributed by atoms with Crippen LogP contribution in [0, 0.1) is 0 Å². The lowest BCUT2D eigenvalue weighted by Crippen LogP contribution is -2.32. The normalized spacial score (nSPS) is 30.6. The van der Waals surface area contributed by atoms with Crippen molar-refractivity contribution in [1.82, 2.24) is 4.90 Å². The molecule has 0 bridgehead atoms. The van der Waals surface area contributed by atoms with Gasteiger partial charge in [0.1, 0.15) is 5.75 Å². The van der Waals surface area contributed by atoms with Crippen molar-refractivity contribution in [3.63, 3.8) is 0 Å². The Morgan fingerprint density at radius 1 is 1.42 bits per heavy atom. The van der Waals surface area contributed by atoms with Gasteiger partial charge in [-0.3, -0.25) is 0 Å². The Bertz CT molecular complexity index is 470. The quantitative estimate of drug-likeness (QED) is 0.825. The van der Waals surface area contributed by atoms with Gasteiger partial charge in [-0.1, -0.05) is 19.1 Å². The lowest BCUT2D eigenvalue weighted by Gasteiger charge is -2.32. The van der Waals surface area contributed by atoms with Crippen molar-refractivity contribution in [1.29, 1.82) is 0 Å². The van der Waals surface area contributed by atoms with Crippen LogP contribution in [-0.4, -0.2) is 31.6 Å².